The molecule has 0 N–H and O–H groups in total. The van der Waals surface area contributed by atoms with Gasteiger partial charge in [0.25, 0.3) is 5.91 Å². The van der Waals surface area contributed by atoms with E-state index in [0.29, 0.717) is 35.3 Å². The van der Waals surface area contributed by atoms with E-state index in [1.807, 2.05) is 30.3 Å². The van der Waals surface area contributed by atoms with E-state index in [1.54, 1.807) is 18.7 Å². The van der Waals surface area contributed by atoms with Crippen molar-refractivity contribution in [3.63, 3.8) is 0 Å². The molecule has 2 aromatic heterocycles. The van der Waals surface area contributed by atoms with Crippen LogP contribution in [-0.2, 0) is 0 Å². The third-order valence-electron chi connectivity index (χ3n) is 4.52. The standard InChI is InChI=1S/C18H18N4O3/c1-11-15(12(2)24-20-11)18(23)22-10-6-9-14(22)17-19-16(21-25-17)13-7-4-3-5-8-13/h3-5,7-8,14H,6,9-10H2,1-2H3/t14-/m0/s1. The van der Waals surface area contributed by atoms with Crippen LogP contribution < -0.4 is 0 Å². The molecule has 3 aromatic rings. The molecule has 1 aromatic carbocycles. The number of hydrogen-bond acceptors (Lipinski definition) is 6. The number of benzene rings is 1. The first-order valence-electron chi connectivity index (χ1n) is 8.28. The minimum Gasteiger partial charge on any atom is -0.361 e. The minimum atomic E-state index is -0.217. The summed E-state index contributed by atoms with van der Waals surface area (Å²) < 4.78 is 10.6. The van der Waals surface area contributed by atoms with E-state index in [-0.39, 0.29) is 11.9 Å². The van der Waals surface area contributed by atoms with Crippen molar-refractivity contribution >= 4 is 5.91 Å². The molecule has 1 aliphatic heterocycles. The van der Waals surface area contributed by atoms with Crippen molar-refractivity contribution in [1.29, 1.82) is 0 Å². The molecular formula is C18H18N4O3. The van der Waals surface area contributed by atoms with Crippen LogP contribution in [0.5, 0.6) is 0 Å². The Hall–Kier alpha value is -2.96. The minimum absolute atomic E-state index is 0.0989. The monoisotopic (exact) mass is 338 g/mol. The first-order chi connectivity index (χ1) is 12.1. The largest absolute Gasteiger partial charge is 0.361 e. The van der Waals surface area contributed by atoms with Gasteiger partial charge in [0, 0.05) is 12.1 Å². The lowest BCUT2D eigenvalue weighted by Gasteiger charge is -2.21. The van der Waals surface area contributed by atoms with E-state index in [2.05, 4.69) is 15.3 Å². The second kappa shape index (κ2) is 6.16. The number of nitrogens with zero attached hydrogens (tertiary/aromatic N) is 4. The van der Waals surface area contributed by atoms with Gasteiger partial charge < -0.3 is 13.9 Å². The van der Waals surface area contributed by atoms with Crippen LogP contribution >= 0.6 is 0 Å². The number of carbonyl (C=O) groups excluding carboxylic acids is 1. The number of likely N-dealkylation sites (tertiary alicyclic amines) is 1. The molecule has 1 amide bonds. The fourth-order valence-electron chi connectivity index (χ4n) is 3.27. The van der Waals surface area contributed by atoms with Crippen molar-refractivity contribution in [3.05, 3.63) is 53.2 Å². The van der Waals surface area contributed by atoms with Gasteiger partial charge in [0.15, 0.2) is 0 Å². The van der Waals surface area contributed by atoms with Crippen molar-refractivity contribution in [2.24, 2.45) is 0 Å². The van der Waals surface area contributed by atoms with Gasteiger partial charge in [-0.3, -0.25) is 4.79 Å². The molecule has 0 unspecified atom stereocenters. The highest BCUT2D eigenvalue weighted by atomic mass is 16.5. The Balaban J connectivity index is 1.62. The summed E-state index contributed by atoms with van der Waals surface area (Å²) in [6.45, 7) is 4.17. The van der Waals surface area contributed by atoms with Gasteiger partial charge in [0.2, 0.25) is 11.7 Å². The highest BCUT2D eigenvalue weighted by molar-refractivity contribution is 5.96. The summed E-state index contributed by atoms with van der Waals surface area (Å²) in [4.78, 5) is 19.2. The lowest BCUT2D eigenvalue weighted by Crippen LogP contribution is -2.31. The molecule has 0 spiro atoms. The Morgan fingerprint density at radius 2 is 1.96 bits per heavy atom. The predicted molar refractivity (Wildman–Crippen MR) is 88.7 cm³/mol. The lowest BCUT2D eigenvalue weighted by atomic mass is 10.1. The lowest BCUT2D eigenvalue weighted by molar-refractivity contribution is 0.0707. The number of aryl methyl sites for hydroxylation is 2. The van der Waals surface area contributed by atoms with Crippen molar-refractivity contribution in [1.82, 2.24) is 20.2 Å². The van der Waals surface area contributed by atoms with Crippen molar-refractivity contribution in [3.8, 4) is 11.4 Å². The van der Waals surface area contributed by atoms with E-state index in [9.17, 15) is 4.79 Å². The number of aromatic nitrogens is 3. The summed E-state index contributed by atoms with van der Waals surface area (Å²) in [5.74, 6) is 1.44. The van der Waals surface area contributed by atoms with Crippen LogP contribution in [0.25, 0.3) is 11.4 Å². The Morgan fingerprint density at radius 3 is 2.68 bits per heavy atom. The van der Waals surface area contributed by atoms with E-state index in [1.165, 1.54) is 0 Å². The summed E-state index contributed by atoms with van der Waals surface area (Å²) >= 11 is 0. The van der Waals surface area contributed by atoms with Crippen LogP contribution in [0.1, 0.15) is 46.6 Å². The smallest absolute Gasteiger partial charge is 0.260 e. The normalized spacial score (nSPS) is 17.2. The van der Waals surface area contributed by atoms with E-state index >= 15 is 0 Å². The van der Waals surface area contributed by atoms with Crippen molar-refractivity contribution < 1.29 is 13.8 Å². The highest BCUT2D eigenvalue weighted by Gasteiger charge is 2.36. The van der Waals surface area contributed by atoms with Crippen molar-refractivity contribution in [2.45, 2.75) is 32.7 Å². The molecule has 1 saturated heterocycles. The fraction of sp³-hybridized carbons (Fsp3) is 0.333. The number of carbonyl (C=O) groups is 1. The molecule has 4 rings (SSSR count). The third-order valence-corrected chi connectivity index (χ3v) is 4.52. The van der Waals surface area contributed by atoms with Gasteiger partial charge >= 0.3 is 0 Å². The van der Waals surface area contributed by atoms with Gasteiger partial charge in [-0.15, -0.1) is 0 Å². The molecule has 1 fully saturated rings. The van der Waals surface area contributed by atoms with E-state index in [0.717, 1.165) is 18.4 Å². The SMILES string of the molecule is Cc1noc(C)c1C(=O)N1CCC[C@H]1c1nc(-c2ccccc2)no1. The average Bonchev–Trinajstić information content (AvgIpc) is 3.35. The van der Waals surface area contributed by atoms with Gasteiger partial charge in [0.1, 0.15) is 17.4 Å². The quantitative estimate of drug-likeness (QED) is 0.728. The molecular weight excluding hydrogens is 320 g/mol. The molecule has 0 bridgehead atoms. The first kappa shape index (κ1) is 15.6. The molecule has 25 heavy (non-hydrogen) atoms. The van der Waals surface area contributed by atoms with Crippen LogP contribution in [0, 0.1) is 13.8 Å². The predicted octanol–water partition coefficient (Wildman–Crippen LogP) is 3.32. The molecule has 0 saturated carbocycles. The molecule has 1 atom stereocenters. The molecule has 7 heteroatoms. The summed E-state index contributed by atoms with van der Waals surface area (Å²) in [7, 11) is 0. The summed E-state index contributed by atoms with van der Waals surface area (Å²) in [5.41, 5.74) is 2.01. The zero-order chi connectivity index (χ0) is 17.4. The Bertz CT molecular complexity index is 881. The van der Waals surface area contributed by atoms with Gasteiger partial charge in [-0.05, 0) is 26.7 Å². The van der Waals surface area contributed by atoms with Crippen molar-refractivity contribution in [2.75, 3.05) is 6.54 Å². The first-order valence-corrected chi connectivity index (χ1v) is 8.28. The molecule has 0 aliphatic carbocycles. The molecule has 0 radical (unpaired) electrons. The fourth-order valence-corrected chi connectivity index (χ4v) is 3.27. The summed E-state index contributed by atoms with van der Waals surface area (Å²) in [6.07, 6.45) is 1.69. The van der Waals surface area contributed by atoms with Gasteiger partial charge in [-0.2, -0.15) is 4.98 Å². The topological polar surface area (TPSA) is 85.3 Å². The summed E-state index contributed by atoms with van der Waals surface area (Å²) in [5, 5.41) is 7.94. The average molecular weight is 338 g/mol. The van der Waals surface area contributed by atoms with Gasteiger partial charge in [-0.1, -0.05) is 40.6 Å². The van der Waals surface area contributed by atoms with Gasteiger partial charge in [-0.25, -0.2) is 0 Å². The van der Waals surface area contributed by atoms with Crippen LogP contribution in [0.4, 0.5) is 0 Å². The van der Waals surface area contributed by atoms with Crippen LogP contribution in [0.3, 0.4) is 0 Å². The van der Waals surface area contributed by atoms with E-state index < -0.39 is 0 Å². The van der Waals surface area contributed by atoms with Crippen LogP contribution in [0.15, 0.2) is 39.4 Å². The molecule has 3 heterocycles. The third kappa shape index (κ3) is 2.71. The highest BCUT2D eigenvalue weighted by Crippen LogP contribution is 2.34. The summed E-state index contributed by atoms with van der Waals surface area (Å²) in [6, 6.07) is 9.42. The van der Waals surface area contributed by atoms with E-state index in [4.69, 9.17) is 9.05 Å². The second-order valence-corrected chi connectivity index (χ2v) is 6.18. The maximum absolute atomic E-state index is 12.9. The Morgan fingerprint density at radius 1 is 1.16 bits per heavy atom. The molecule has 128 valence electrons. The van der Waals surface area contributed by atoms with Gasteiger partial charge in [0.05, 0.1) is 5.69 Å². The number of rotatable bonds is 3. The van der Waals surface area contributed by atoms with Crippen LogP contribution in [-0.4, -0.2) is 32.6 Å². The number of amides is 1. The maximum atomic E-state index is 12.9. The zero-order valence-electron chi connectivity index (χ0n) is 14.1. The second-order valence-electron chi connectivity index (χ2n) is 6.18. The Labute approximate surface area is 144 Å². The molecule has 1 aliphatic rings. The maximum Gasteiger partial charge on any atom is 0.260 e. The zero-order valence-corrected chi connectivity index (χ0v) is 14.1. The molecule has 7 nitrogen and oxygen atoms in total. The number of hydrogen-bond donors (Lipinski definition) is 0. The van der Waals surface area contributed by atoms with Crippen LogP contribution in [0.2, 0.25) is 0 Å². The Kier molecular flexibility index (Phi) is 3.83.